The van der Waals surface area contributed by atoms with Crippen LogP contribution in [-0.4, -0.2) is 6.17 Å². The molecule has 2 heteroatoms. The topological polar surface area (TPSA) is 52.0 Å². The molecule has 0 heterocycles. The Morgan fingerprint density at radius 2 is 1.75 bits per heavy atom. The summed E-state index contributed by atoms with van der Waals surface area (Å²) < 4.78 is 0. The quantitative estimate of drug-likeness (QED) is 0.624. The summed E-state index contributed by atoms with van der Waals surface area (Å²) in [7, 11) is 0. The lowest BCUT2D eigenvalue weighted by molar-refractivity contribution is 0.170. The molecule has 0 saturated heterocycles. The van der Waals surface area contributed by atoms with Gasteiger partial charge in [0.2, 0.25) is 0 Å². The summed E-state index contributed by atoms with van der Waals surface area (Å²) >= 11 is 0. The fraction of sp³-hybridized carbons (Fsp3) is 1.00. The third kappa shape index (κ3) is 3.11. The van der Waals surface area contributed by atoms with Crippen molar-refractivity contribution in [1.82, 2.24) is 0 Å². The van der Waals surface area contributed by atoms with Crippen LogP contribution in [0.1, 0.15) is 47.0 Å². The molecule has 12 heavy (non-hydrogen) atoms. The lowest BCUT2D eigenvalue weighted by Gasteiger charge is -2.35. The lowest BCUT2D eigenvalue weighted by Crippen LogP contribution is -2.48. The summed E-state index contributed by atoms with van der Waals surface area (Å²) in [5.74, 6) is 0.609. The molecule has 0 bridgehead atoms. The molecule has 0 amide bonds. The van der Waals surface area contributed by atoms with Crippen LogP contribution in [0.2, 0.25) is 0 Å². The highest BCUT2D eigenvalue weighted by Crippen LogP contribution is 2.31. The average Bonchev–Trinajstić information content (AvgIpc) is 1.99. The maximum atomic E-state index is 5.72. The fourth-order valence-corrected chi connectivity index (χ4v) is 1.21. The molecule has 0 radical (unpaired) electrons. The Bertz CT molecular complexity index is 119. The summed E-state index contributed by atoms with van der Waals surface area (Å²) in [6.07, 6.45) is 3.55. The molecule has 0 aromatic rings. The van der Waals surface area contributed by atoms with Crippen LogP contribution in [0, 0.1) is 11.3 Å². The molecule has 0 aliphatic rings. The van der Waals surface area contributed by atoms with E-state index in [4.69, 9.17) is 11.5 Å². The Hall–Kier alpha value is -0.0800. The molecular weight excluding hydrogens is 148 g/mol. The lowest BCUT2D eigenvalue weighted by atomic mass is 9.75. The van der Waals surface area contributed by atoms with Gasteiger partial charge in [0, 0.05) is 0 Å². The van der Waals surface area contributed by atoms with Crippen molar-refractivity contribution in [2.75, 3.05) is 0 Å². The highest BCUT2D eigenvalue weighted by Gasteiger charge is 2.29. The van der Waals surface area contributed by atoms with Crippen LogP contribution in [-0.2, 0) is 0 Å². The van der Waals surface area contributed by atoms with E-state index in [2.05, 4.69) is 27.7 Å². The number of unbranched alkanes of at least 4 members (excludes halogenated alkanes) is 1. The van der Waals surface area contributed by atoms with Gasteiger partial charge >= 0.3 is 0 Å². The zero-order valence-electron chi connectivity index (χ0n) is 8.93. The Balaban J connectivity index is 3.97. The van der Waals surface area contributed by atoms with E-state index in [1.165, 1.54) is 19.3 Å². The summed E-state index contributed by atoms with van der Waals surface area (Å²) in [5.41, 5.74) is 11.5. The standard InChI is InChI=1S/C10H24N2/c1-5-6-7-8(2)10(3,4)9(11)12/h8-9H,5-7,11-12H2,1-4H3. The average molecular weight is 172 g/mol. The first-order valence-electron chi connectivity index (χ1n) is 4.94. The predicted octanol–water partition coefficient (Wildman–Crippen LogP) is 2.08. The zero-order chi connectivity index (χ0) is 9.78. The molecular formula is C10H24N2. The van der Waals surface area contributed by atoms with Crippen molar-refractivity contribution in [1.29, 1.82) is 0 Å². The first kappa shape index (κ1) is 11.9. The van der Waals surface area contributed by atoms with E-state index < -0.39 is 0 Å². The van der Waals surface area contributed by atoms with Crippen LogP contribution in [0.25, 0.3) is 0 Å². The molecule has 4 N–H and O–H groups in total. The van der Waals surface area contributed by atoms with Crippen LogP contribution in [0.4, 0.5) is 0 Å². The largest absolute Gasteiger partial charge is 0.316 e. The van der Waals surface area contributed by atoms with Crippen molar-refractivity contribution in [3.8, 4) is 0 Å². The minimum atomic E-state index is -0.204. The van der Waals surface area contributed by atoms with Gasteiger partial charge in [0.15, 0.2) is 0 Å². The normalized spacial score (nSPS) is 15.2. The minimum Gasteiger partial charge on any atom is -0.316 e. The number of nitrogens with two attached hydrogens (primary N) is 2. The Labute approximate surface area is 76.7 Å². The first-order chi connectivity index (χ1) is 5.42. The second-order valence-corrected chi connectivity index (χ2v) is 4.39. The van der Waals surface area contributed by atoms with Gasteiger partial charge in [0.25, 0.3) is 0 Å². The summed E-state index contributed by atoms with van der Waals surface area (Å²) in [5, 5.41) is 0. The molecule has 1 atom stereocenters. The highest BCUT2D eigenvalue weighted by molar-refractivity contribution is 4.81. The van der Waals surface area contributed by atoms with Gasteiger partial charge in [-0.1, -0.05) is 47.0 Å². The summed E-state index contributed by atoms with van der Waals surface area (Å²) in [6.45, 7) is 8.75. The summed E-state index contributed by atoms with van der Waals surface area (Å²) in [4.78, 5) is 0. The van der Waals surface area contributed by atoms with E-state index >= 15 is 0 Å². The van der Waals surface area contributed by atoms with E-state index in [1.54, 1.807) is 0 Å². The molecule has 0 spiro atoms. The number of hydrogen-bond donors (Lipinski definition) is 2. The van der Waals surface area contributed by atoms with Gasteiger partial charge < -0.3 is 11.5 Å². The summed E-state index contributed by atoms with van der Waals surface area (Å²) in [6, 6.07) is 0. The molecule has 74 valence electrons. The molecule has 0 aromatic carbocycles. The maximum Gasteiger partial charge on any atom is 0.0576 e. The molecule has 0 saturated carbocycles. The third-order valence-corrected chi connectivity index (χ3v) is 3.12. The van der Waals surface area contributed by atoms with E-state index in [-0.39, 0.29) is 11.6 Å². The van der Waals surface area contributed by atoms with Gasteiger partial charge in [-0.15, -0.1) is 0 Å². The monoisotopic (exact) mass is 172 g/mol. The third-order valence-electron chi connectivity index (χ3n) is 3.12. The van der Waals surface area contributed by atoms with Crippen LogP contribution in [0.5, 0.6) is 0 Å². The van der Waals surface area contributed by atoms with E-state index in [0.29, 0.717) is 5.92 Å². The van der Waals surface area contributed by atoms with Crippen molar-refractivity contribution in [3.63, 3.8) is 0 Å². The van der Waals surface area contributed by atoms with Gasteiger partial charge in [0.1, 0.15) is 0 Å². The number of hydrogen-bond acceptors (Lipinski definition) is 2. The van der Waals surface area contributed by atoms with Gasteiger partial charge in [-0.2, -0.15) is 0 Å². The second-order valence-electron chi connectivity index (χ2n) is 4.39. The highest BCUT2D eigenvalue weighted by atomic mass is 14.9. The van der Waals surface area contributed by atoms with Crippen molar-refractivity contribution in [3.05, 3.63) is 0 Å². The van der Waals surface area contributed by atoms with Crippen molar-refractivity contribution >= 4 is 0 Å². The molecule has 0 aromatic heterocycles. The van der Waals surface area contributed by atoms with Gasteiger partial charge in [-0.25, -0.2) is 0 Å². The molecule has 0 aliphatic heterocycles. The van der Waals surface area contributed by atoms with Crippen molar-refractivity contribution < 1.29 is 0 Å². The minimum absolute atomic E-state index is 0.0647. The molecule has 0 rings (SSSR count). The molecule has 1 unspecified atom stereocenters. The first-order valence-corrected chi connectivity index (χ1v) is 4.94. The fourth-order valence-electron chi connectivity index (χ4n) is 1.21. The Kier molecular flexibility index (Phi) is 4.80. The second kappa shape index (κ2) is 4.83. The van der Waals surface area contributed by atoms with Gasteiger partial charge in [-0.05, 0) is 11.3 Å². The van der Waals surface area contributed by atoms with Crippen LogP contribution >= 0.6 is 0 Å². The molecule has 0 aliphatic carbocycles. The SMILES string of the molecule is CCCCC(C)C(C)(C)C(N)N. The van der Waals surface area contributed by atoms with Crippen LogP contribution < -0.4 is 11.5 Å². The van der Waals surface area contributed by atoms with E-state index in [0.717, 1.165) is 0 Å². The van der Waals surface area contributed by atoms with E-state index in [9.17, 15) is 0 Å². The van der Waals surface area contributed by atoms with Crippen molar-refractivity contribution in [2.45, 2.75) is 53.1 Å². The smallest absolute Gasteiger partial charge is 0.0576 e. The maximum absolute atomic E-state index is 5.72. The van der Waals surface area contributed by atoms with Crippen LogP contribution in [0.15, 0.2) is 0 Å². The van der Waals surface area contributed by atoms with Gasteiger partial charge in [0.05, 0.1) is 6.17 Å². The number of rotatable bonds is 5. The molecule has 2 nitrogen and oxygen atoms in total. The Morgan fingerprint density at radius 1 is 1.25 bits per heavy atom. The zero-order valence-corrected chi connectivity index (χ0v) is 8.93. The van der Waals surface area contributed by atoms with E-state index in [1.807, 2.05) is 0 Å². The van der Waals surface area contributed by atoms with Crippen LogP contribution in [0.3, 0.4) is 0 Å². The predicted molar refractivity (Wildman–Crippen MR) is 54.6 cm³/mol. The Morgan fingerprint density at radius 3 is 2.08 bits per heavy atom. The van der Waals surface area contributed by atoms with Crippen molar-refractivity contribution in [2.24, 2.45) is 22.8 Å². The molecule has 0 fully saturated rings. The van der Waals surface area contributed by atoms with Gasteiger partial charge in [-0.3, -0.25) is 0 Å².